The van der Waals surface area contributed by atoms with Crippen molar-refractivity contribution in [3.05, 3.63) is 17.0 Å². The van der Waals surface area contributed by atoms with Gasteiger partial charge in [-0.3, -0.25) is 4.79 Å². The molecule has 0 bridgehead atoms. The summed E-state index contributed by atoms with van der Waals surface area (Å²) >= 11 is 0. The van der Waals surface area contributed by atoms with Crippen LogP contribution in [0.3, 0.4) is 0 Å². The van der Waals surface area contributed by atoms with Gasteiger partial charge in [0.05, 0.1) is 6.42 Å². The van der Waals surface area contributed by atoms with Crippen LogP contribution in [-0.2, 0) is 11.2 Å². The summed E-state index contributed by atoms with van der Waals surface area (Å²) in [6.07, 6.45) is 2.32. The quantitative estimate of drug-likeness (QED) is 0.801. The molecule has 1 aromatic heterocycles. The second kappa shape index (κ2) is 4.08. The average molecular weight is 221 g/mol. The number of rotatable bonds is 4. The van der Waals surface area contributed by atoms with Crippen molar-refractivity contribution in [3.63, 3.8) is 0 Å². The highest BCUT2D eigenvalue weighted by molar-refractivity contribution is 5.71. The van der Waals surface area contributed by atoms with Gasteiger partial charge in [-0.15, -0.1) is 0 Å². The summed E-state index contributed by atoms with van der Waals surface area (Å²) in [5.74, 6) is -0.232. The van der Waals surface area contributed by atoms with E-state index in [-0.39, 0.29) is 6.42 Å². The predicted molar refractivity (Wildman–Crippen MR) is 59.5 cm³/mol. The standard InChI is InChI=1S/C11H15N3O2/c1-6-9(5-10(15)16)7(2)13-11(12-6)14-8-3-4-8/h8H,3-5H2,1-2H3,(H,15,16)(H,12,13,14). The van der Waals surface area contributed by atoms with E-state index in [4.69, 9.17) is 5.11 Å². The van der Waals surface area contributed by atoms with E-state index in [1.54, 1.807) is 0 Å². The Bertz CT molecular complexity index is 404. The third kappa shape index (κ3) is 2.48. The maximum atomic E-state index is 10.7. The van der Waals surface area contributed by atoms with E-state index in [0.29, 0.717) is 17.6 Å². The summed E-state index contributed by atoms with van der Waals surface area (Å²) in [6.45, 7) is 3.65. The summed E-state index contributed by atoms with van der Waals surface area (Å²) in [5.41, 5.74) is 2.21. The maximum absolute atomic E-state index is 10.7. The van der Waals surface area contributed by atoms with Crippen LogP contribution in [0.1, 0.15) is 29.8 Å². The van der Waals surface area contributed by atoms with Crippen LogP contribution in [0, 0.1) is 13.8 Å². The van der Waals surface area contributed by atoms with Crippen molar-refractivity contribution in [2.24, 2.45) is 0 Å². The van der Waals surface area contributed by atoms with Crippen LogP contribution in [0.25, 0.3) is 0 Å². The van der Waals surface area contributed by atoms with Crippen molar-refractivity contribution in [1.29, 1.82) is 0 Å². The number of aliphatic carboxylic acids is 1. The van der Waals surface area contributed by atoms with E-state index in [2.05, 4.69) is 15.3 Å². The SMILES string of the molecule is Cc1nc(NC2CC2)nc(C)c1CC(=O)O. The Balaban J connectivity index is 2.22. The number of nitrogens with one attached hydrogen (secondary N) is 1. The summed E-state index contributed by atoms with van der Waals surface area (Å²) < 4.78 is 0. The highest BCUT2D eigenvalue weighted by Crippen LogP contribution is 2.23. The van der Waals surface area contributed by atoms with Crippen LogP contribution in [0.2, 0.25) is 0 Å². The minimum absolute atomic E-state index is 0.0125. The molecule has 1 aliphatic rings. The number of anilines is 1. The van der Waals surface area contributed by atoms with Crippen molar-refractivity contribution in [3.8, 4) is 0 Å². The van der Waals surface area contributed by atoms with E-state index < -0.39 is 5.97 Å². The van der Waals surface area contributed by atoms with Gasteiger partial charge >= 0.3 is 5.97 Å². The van der Waals surface area contributed by atoms with Crippen molar-refractivity contribution in [2.45, 2.75) is 39.2 Å². The van der Waals surface area contributed by atoms with Crippen LogP contribution in [0.5, 0.6) is 0 Å². The number of hydrogen-bond acceptors (Lipinski definition) is 4. The zero-order valence-corrected chi connectivity index (χ0v) is 9.45. The van der Waals surface area contributed by atoms with Gasteiger partial charge in [-0.25, -0.2) is 9.97 Å². The van der Waals surface area contributed by atoms with Crippen LogP contribution >= 0.6 is 0 Å². The van der Waals surface area contributed by atoms with E-state index in [9.17, 15) is 4.79 Å². The molecule has 86 valence electrons. The highest BCUT2D eigenvalue weighted by Gasteiger charge is 2.22. The monoisotopic (exact) mass is 221 g/mol. The molecule has 16 heavy (non-hydrogen) atoms. The molecule has 1 aromatic rings. The Kier molecular flexibility index (Phi) is 2.77. The Hall–Kier alpha value is -1.65. The van der Waals surface area contributed by atoms with Crippen molar-refractivity contribution in [1.82, 2.24) is 9.97 Å². The summed E-state index contributed by atoms with van der Waals surface area (Å²) in [7, 11) is 0. The first-order valence-electron chi connectivity index (χ1n) is 5.38. The normalized spacial score (nSPS) is 14.9. The van der Waals surface area contributed by atoms with Crippen molar-refractivity contribution >= 4 is 11.9 Å². The summed E-state index contributed by atoms with van der Waals surface area (Å²) in [4.78, 5) is 19.2. The molecule has 1 aliphatic carbocycles. The van der Waals surface area contributed by atoms with Gasteiger partial charge in [0.2, 0.25) is 5.95 Å². The lowest BCUT2D eigenvalue weighted by Gasteiger charge is -2.09. The molecule has 0 saturated heterocycles. The summed E-state index contributed by atoms with van der Waals surface area (Å²) in [6, 6.07) is 0.504. The van der Waals surface area contributed by atoms with Gasteiger partial charge in [-0.05, 0) is 26.7 Å². The lowest BCUT2D eigenvalue weighted by molar-refractivity contribution is -0.136. The van der Waals surface area contributed by atoms with Gasteiger partial charge in [-0.2, -0.15) is 0 Å². The van der Waals surface area contributed by atoms with Gasteiger partial charge in [0.25, 0.3) is 0 Å². The molecular formula is C11H15N3O2. The second-order valence-corrected chi connectivity index (χ2v) is 4.19. The summed E-state index contributed by atoms with van der Waals surface area (Å²) in [5, 5.41) is 12.0. The number of nitrogens with zero attached hydrogens (tertiary/aromatic N) is 2. The Labute approximate surface area is 93.9 Å². The van der Waals surface area contributed by atoms with Gasteiger partial charge in [-0.1, -0.05) is 0 Å². The van der Waals surface area contributed by atoms with Gasteiger partial charge in [0.1, 0.15) is 0 Å². The fourth-order valence-corrected chi connectivity index (χ4v) is 1.62. The largest absolute Gasteiger partial charge is 0.481 e. The molecule has 2 rings (SSSR count). The molecule has 0 radical (unpaired) electrons. The van der Waals surface area contributed by atoms with E-state index in [1.165, 1.54) is 12.8 Å². The number of aromatic nitrogens is 2. The minimum atomic E-state index is -0.849. The molecule has 1 saturated carbocycles. The number of hydrogen-bond donors (Lipinski definition) is 2. The molecule has 0 atom stereocenters. The minimum Gasteiger partial charge on any atom is -0.481 e. The molecule has 0 amide bonds. The van der Waals surface area contributed by atoms with Crippen LogP contribution < -0.4 is 5.32 Å². The maximum Gasteiger partial charge on any atom is 0.307 e. The van der Waals surface area contributed by atoms with E-state index >= 15 is 0 Å². The Morgan fingerprint density at radius 2 is 1.94 bits per heavy atom. The van der Waals surface area contributed by atoms with Crippen molar-refractivity contribution < 1.29 is 9.90 Å². The first kappa shape index (κ1) is 10.9. The Morgan fingerprint density at radius 3 is 2.38 bits per heavy atom. The first-order valence-corrected chi connectivity index (χ1v) is 5.38. The highest BCUT2D eigenvalue weighted by atomic mass is 16.4. The molecule has 0 aliphatic heterocycles. The van der Waals surface area contributed by atoms with E-state index in [1.807, 2.05) is 13.8 Å². The van der Waals surface area contributed by atoms with Crippen LogP contribution in [0.4, 0.5) is 5.95 Å². The Morgan fingerprint density at radius 1 is 1.38 bits per heavy atom. The second-order valence-electron chi connectivity index (χ2n) is 4.19. The average Bonchev–Trinajstić information content (AvgIpc) is 2.95. The topological polar surface area (TPSA) is 75.1 Å². The van der Waals surface area contributed by atoms with Gasteiger partial charge < -0.3 is 10.4 Å². The lowest BCUT2D eigenvalue weighted by Crippen LogP contribution is -2.12. The molecular weight excluding hydrogens is 206 g/mol. The zero-order valence-electron chi connectivity index (χ0n) is 9.45. The number of carboxylic acids is 1. The fraction of sp³-hybridized carbons (Fsp3) is 0.545. The molecule has 1 fully saturated rings. The molecule has 5 heteroatoms. The third-order valence-corrected chi connectivity index (χ3v) is 2.66. The smallest absolute Gasteiger partial charge is 0.307 e. The van der Waals surface area contributed by atoms with Gasteiger partial charge in [0.15, 0.2) is 0 Å². The predicted octanol–water partition coefficient (Wildman–Crippen LogP) is 1.29. The van der Waals surface area contributed by atoms with Gasteiger partial charge in [0, 0.05) is 23.0 Å². The molecule has 1 heterocycles. The first-order chi connectivity index (χ1) is 7.56. The van der Waals surface area contributed by atoms with Crippen LogP contribution in [-0.4, -0.2) is 27.1 Å². The molecule has 5 nitrogen and oxygen atoms in total. The number of carbonyl (C=O) groups is 1. The lowest BCUT2D eigenvalue weighted by atomic mass is 10.1. The molecule has 0 spiro atoms. The molecule has 0 aromatic carbocycles. The molecule has 0 unspecified atom stereocenters. The molecule has 2 N–H and O–H groups in total. The number of carboxylic acid groups (broad SMARTS) is 1. The number of aryl methyl sites for hydroxylation is 2. The zero-order chi connectivity index (χ0) is 11.7. The van der Waals surface area contributed by atoms with Crippen molar-refractivity contribution in [2.75, 3.05) is 5.32 Å². The van der Waals surface area contributed by atoms with E-state index in [0.717, 1.165) is 11.4 Å². The van der Waals surface area contributed by atoms with Crippen LogP contribution in [0.15, 0.2) is 0 Å². The fourth-order valence-electron chi connectivity index (χ4n) is 1.62. The third-order valence-electron chi connectivity index (χ3n) is 2.66.